The number of aromatic nitrogens is 3. The van der Waals surface area contributed by atoms with Crippen molar-refractivity contribution in [3.63, 3.8) is 0 Å². The van der Waals surface area contributed by atoms with Gasteiger partial charge in [0.15, 0.2) is 0 Å². The van der Waals surface area contributed by atoms with Crippen LogP contribution in [0, 0.1) is 13.8 Å². The van der Waals surface area contributed by atoms with Gasteiger partial charge in [0.05, 0.1) is 0 Å². The third-order valence-corrected chi connectivity index (χ3v) is 4.84. The molecule has 0 spiro atoms. The number of fused-ring (bicyclic) bond motifs is 1. The van der Waals surface area contributed by atoms with E-state index in [1.165, 1.54) is 0 Å². The Bertz CT molecular complexity index is 1100. The Balaban J connectivity index is 1.97. The van der Waals surface area contributed by atoms with E-state index in [4.69, 9.17) is 0 Å². The van der Waals surface area contributed by atoms with Crippen molar-refractivity contribution in [3.05, 3.63) is 70.5 Å². The van der Waals surface area contributed by atoms with Crippen molar-refractivity contribution in [1.29, 1.82) is 0 Å². The number of aromatic hydroxyl groups is 1. The van der Waals surface area contributed by atoms with Gasteiger partial charge in [0, 0.05) is 28.1 Å². The number of halogens is 1. The van der Waals surface area contributed by atoms with Gasteiger partial charge < -0.3 is 10.4 Å². The number of imidazole rings is 1. The van der Waals surface area contributed by atoms with E-state index in [9.17, 15) is 5.11 Å². The fourth-order valence-corrected chi connectivity index (χ4v) is 3.38. The predicted octanol–water partition coefficient (Wildman–Crippen LogP) is 5.22. The van der Waals surface area contributed by atoms with Crippen molar-refractivity contribution < 1.29 is 5.11 Å². The van der Waals surface area contributed by atoms with Gasteiger partial charge in [0.1, 0.15) is 17.3 Å². The number of nitrogens with zero attached hydrogens (tertiary/aromatic N) is 3. The lowest BCUT2D eigenvalue weighted by Crippen LogP contribution is -2.01. The second-order valence-corrected chi connectivity index (χ2v) is 7.07. The molecule has 4 rings (SSSR count). The van der Waals surface area contributed by atoms with Crippen LogP contribution in [0.1, 0.15) is 11.1 Å². The van der Waals surface area contributed by atoms with E-state index in [1.807, 2.05) is 28.8 Å². The monoisotopic (exact) mass is 408 g/mol. The number of hydrogen-bond donors (Lipinski definition) is 2. The van der Waals surface area contributed by atoms with Gasteiger partial charge in [-0.15, -0.1) is 0 Å². The fraction of sp³-hybridized carbons (Fsp3) is 0.100. The van der Waals surface area contributed by atoms with Crippen LogP contribution in [0.5, 0.6) is 5.75 Å². The molecule has 26 heavy (non-hydrogen) atoms. The van der Waals surface area contributed by atoms with Crippen molar-refractivity contribution in [2.75, 3.05) is 5.32 Å². The quantitative estimate of drug-likeness (QED) is 0.487. The molecule has 0 unspecified atom stereocenters. The molecule has 0 aliphatic heterocycles. The van der Waals surface area contributed by atoms with Crippen LogP contribution >= 0.6 is 15.9 Å². The first-order chi connectivity index (χ1) is 12.5. The Morgan fingerprint density at radius 1 is 1.08 bits per heavy atom. The van der Waals surface area contributed by atoms with Crippen LogP contribution < -0.4 is 5.32 Å². The molecule has 6 heteroatoms. The summed E-state index contributed by atoms with van der Waals surface area (Å²) in [5, 5.41) is 13.9. The molecule has 4 aromatic rings. The van der Waals surface area contributed by atoms with Gasteiger partial charge in [-0.25, -0.2) is 9.97 Å². The van der Waals surface area contributed by atoms with Crippen LogP contribution in [0.25, 0.3) is 17.0 Å². The molecular weight excluding hydrogens is 392 g/mol. The highest BCUT2D eigenvalue weighted by molar-refractivity contribution is 9.10. The number of benzene rings is 2. The summed E-state index contributed by atoms with van der Waals surface area (Å²) in [5.41, 5.74) is 4.57. The van der Waals surface area contributed by atoms with Crippen LogP contribution in [-0.4, -0.2) is 19.5 Å². The molecule has 0 atom stereocenters. The molecule has 0 bridgehead atoms. The van der Waals surface area contributed by atoms with Crippen LogP contribution in [0.2, 0.25) is 0 Å². The molecule has 0 amide bonds. The Morgan fingerprint density at radius 2 is 1.85 bits per heavy atom. The lowest BCUT2D eigenvalue weighted by atomic mass is 10.1. The van der Waals surface area contributed by atoms with Gasteiger partial charge >= 0.3 is 0 Å². The molecule has 2 aromatic heterocycles. The first-order valence-corrected chi connectivity index (χ1v) is 8.99. The average molecular weight is 409 g/mol. The summed E-state index contributed by atoms with van der Waals surface area (Å²) in [4.78, 5) is 8.99. The zero-order chi connectivity index (χ0) is 18.3. The first kappa shape index (κ1) is 16.6. The van der Waals surface area contributed by atoms with Crippen molar-refractivity contribution in [2.45, 2.75) is 13.8 Å². The van der Waals surface area contributed by atoms with E-state index in [-0.39, 0.29) is 5.75 Å². The minimum absolute atomic E-state index is 0.168. The summed E-state index contributed by atoms with van der Waals surface area (Å²) in [6, 6.07) is 13.3. The van der Waals surface area contributed by atoms with Crippen molar-refractivity contribution in [3.8, 4) is 17.0 Å². The lowest BCUT2D eigenvalue weighted by Gasteiger charge is -2.14. The fourth-order valence-electron chi connectivity index (χ4n) is 3.02. The van der Waals surface area contributed by atoms with E-state index in [2.05, 4.69) is 57.2 Å². The second kappa shape index (κ2) is 6.46. The molecular formula is C20H17BrN4O. The number of rotatable bonds is 3. The molecule has 0 radical (unpaired) electrons. The van der Waals surface area contributed by atoms with Crippen LogP contribution in [0.15, 0.2) is 59.3 Å². The number of para-hydroxylation sites is 1. The summed E-state index contributed by atoms with van der Waals surface area (Å²) in [6.07, 6.45) is 3.61. The maximum absolute atomic E-state index is 10.4. The van der Waals surface area contributed by atoms with Crippen LogP contribution in [0.4, 0.5) is 11.5 Å². The largest absolute Gasteiger partial charge is 0.507 e. The van der Waals surface area contributed by atoms with Gasteiger partial charge in [-0.2, -0.15) is 0 Å². The van der Waals surface area contributed by atoms with Crippen LogP contribution in [-0.2, 0) is 0 Å². The lowest BCUT2D eigenvalue weighted by molar-refractivity contribution is 0.477. The summed E-state index contributed by atoms with van der Waals surface area (Å²) in [7, 11) is 0. The molecule has 0 aliphatic carbocycles. The van der Waals surface area contributed by atoms with Gasteiger partial charge in [0.25, 0.3) is 0 Å². The van der Waals surface area contributed by atoms with Crippen LogP contribution in [0.3, 0.4) is 0 Å². The van der Waals surface area contributed by atoms with Crippen molar-refractivity contribution in [2.24, 2.45) is 0 Å². The molecule has 130 valence electrons. The molecule has 2 aromatic carbocycles. The topological polar surface area (TPSA) is 62.5 Å². The maximum atomic E-state index is 10.4. The number of anilines is 2. The van der Waals surface area contributed by atoms with Gasteiger partial charge in [-0.1, -0.05) is 34.1 Å². The molecule has 0 fully saturated rings. The third-order valence-electron chi connectivity index (χ3n) is 4.34. The highest BCUT2D eigenvalue weighted by atomic mass is 79.9. The maximum Gasteiger partial charge on any atom is 0.235 e. The number of phenolic OH excluding ortho intramolecular Hbond substituents is 1. The molecule has 0 saturated carbocycles. The Morgan fingerprint density at radius 3 is 2.62 bits per heavy atom. The number of phenols is 1. The molecule has 2 N–H and O–H groups in total. The van der Waals surface area contributed by atoms with Gasteiger partial charge in [-0.05, 0) is 49.2 Å². The third kappa shape index (κ3) is 2.82. The highest BCUT2D eigenvalue weighted by Gasteiger charge is 2.19. The number of aryl methyl sites for hydroxylation is 2. The Kier molecular flexibility index (Phi) is 4.12. The number of hydrogen-bond acceptors (Lipinski definition) is 4. The van der Waals surface area contributed by atoms with E-state index in [0.717, 1.165) is 27.1 Å². The van der Waals surface area contributed by atoms with E-state index < -0.39 is 0 Å². The Labute approximate surface area is 159 Å². The molecule has 5 nitrogen and oxygen atoms in total. The van der Waals surface area contributed by atoms with Crippen molar-refractivity contribution >= 4 is 33.2 Å². The second-order valence-electron chi connectivity index (χ2n) is 6.15. The summed E-state index contributed by atoms with van der Waals surface area (Å²) in [5.74, 6) is 1.50. The molecule has 0 saturated heterocycles. The van der Waals surface area contributed by atoms with E-state index in [1.54, 1.807) is 18.3 Å². The van der Waals surface area contributed by atoms with Crippen molar-refractivity contribution in [1.82, 2.24) is 14.4 Å². The minimum atomic E-state index is 0.168. The normalized spacial score (nSPS) is 11.0. The molecule has 0 aliphatic rings. The van der Waals surface area contributed by atoms with E-state index in [0.29, 0.717) is 17.0 Å². The van der Waals surface area contributed by atoms with Gasteiger partial charge in [-0.3, -0.25) is 4.40 Å². The summed E-state index contributed by atoms with van der Waals surface area (Å²) >= 11 is 3.47. The first-order valence-electron chi connectivity index (χ1n) is 8.20. The predicted molar refractivity (Wildman–Crippen MR) is 107 cm³/mol. The zero-order valence-corrected chi connectivity index (χ0v) is 15.9. The smallest absolute Gasteiger partial charge is 0.235 e. The molecule has 2 heterocycles. The summed E-state index contributed by atoms with van der Waals surface area (Å²) in [6.45, 7) is 4.13. The average Bonchev–Trinajstić information content (AvgIpc) is 2.99. The SMILES string of the molecule is Cc1cccc(C)c1Nc1c(-c2cc(Br)ccc2O)nc2ncccn12. The standard InChI is InChI=1S/C20H17BrN4O/c1-12-5-3-6-13(2)17(12)23-19-18(15-11-14(21)7-8-16(15)26)24-20-22-9-4-10-25(19)20/h3-11,23,26H,1-2H3. The number of nitrogens with one attached hydrogen (secondary N) is 1. The zero-order valence-electron chi connectivity index (χ0n) is 14.4. The summed E-state index contributed by atoms with van der Waals surface area (Å²) < 4.78 is 2.76. The highest BCUT2D eigenvalue weighted by Crippen LogP contribution is 2.38. The Hall–Kier alpha value is -2.86. The van der Waals surface area contributed by atoms with Gasteiger partial charge in [0.2, 0.25) is 5.78 Å². The van der Waals surface area contributed by atoms with E-state index >= 15 is 0 Å². The minimum Gasteiger partial charge on any atom is -0.507 e.